The number of carbonyl (C=O) groups is 1. The summed E-state index contributed by atoms with van der Waals surface area (Å²) in [6.07, 6.45) is 4.57. The Labute approximate surface area is 216 Å². The molecule has 1 aliphatic heterocycles. The lowest BCUT2D eigenvalue weighted by Gasteiger charge is -2.38. The Balaban J connectivity index is 1.46. The first-order chi connectivity index (χ1) is 17.3. The van der Waals surface area contributed by atoms with Gasteiger partial charge in [0, 0.05) is 56.0 Å². The maximum absolute atomic E-state index is 13.8. The lowest BCUT2D eigenvalue weighted by atomic mass is 10.0. The molecule has 2 N–H and O–H groups in total. The number of benzene rings is 1. The van der Waals surface area contributed by atoms with Gasteiger partial charge in [-0.15, -0.1) is 0 Å². The number of pyridine rings is 1. The number of aromatic nitrogens is 4. The van der Waals surface area contributed by atoms with Crippen LogP contribution in [-0.4, -0.2) is 69.8 Å². The lowest BCUT2D eigenvalue weighted by molar-refractivity contribution is -0.141. The maximum Gasteiger partial charge on any atom is 0.251 e. The third-order valence-corrected chi connectivity index (χ3v) is 7.68. The van der Waals surface area contributed by atoms with Crippen LogP contribution in [0.5, 0.6) is 0 Å². The van der Waals surface area contributed by atoms with E-state index in [1.807, 2.05) is 18.0 Å². The minimum Gasteiger partial charge on any atom is -0.383 e. The van der Waals surface area contributed by atoms with Crippen LogP contribution in [0.1, 0.15) is 19.8 Å². The molecule has 36 heavy (non-hydrogen) atoms. The number of nitrogens with two attached hydrogens (primary N) is 1. The largest absolute Gasteiger partial charge is 0.383 e. The number of amides is 1. The highest BCUT2D eigenvalue weighted by Gasteiger charge is 2.30. The number of halogens is 2. The van der Waals surface area contributed by atoms with Gasteiger partial charge < -0.3 is 20.3 Å². The number of likely N-dealkylation sites (tertiary alicyclic amines) is 1. The van der Waals surface area contributed by atoms with Gasteiger partial charge in [0.15, 0.2) is 5.65 Å². The first-order valence-corrected chi connectivity index (χ1v) is 12.5. The van der Waals surface area contributed by atoms with E-state index in [-0.39, 0.29) is 17.8 Å². The number of fused-ring (bicyclic) bond motifs is 2. The molecular formula is C25H27BrFN7O2. The highest BCUT2D eigenvalue weighted by molar-refractivity contribution is 9.10. The molecule has 11 heteroatoms. The molecule has 0 bridgehead atoms. The van der Waals surface area contributed by atoms with Gasteiger partial charge in [-0.2, -0.15) is 9.61 Å². The topological polar surface area (TPSA) is 102 Å². The van der Waals surface area contributed by atoms with Gasteiger partial charge in [0.1, 0.15) is 28.0 Å². The molecule has 0 aliphatic carbocycles. The maximum atomic E-state index is 13.8. The number of ether oxygens (including phenoxy) is 1. The molecule has 1 atom stereocenters. The first kappa shape index (κ1) is 24.4. The highest BCUT2D eigenvalue weighted by Crippen LogP contribution is 2.36. The molecule has 1 amide bonds. The van der Waals surface area contributed by atoms with Crippen molar-refractivity contribution in [1.29, 1.82) is 0 Å². The summed E-state index contributed by atoms with van der Waals surface area (Å²) in [5, 5.41) is 5.14. The fourth-order valence-electron chi connectivity index (χ4n) is 4.67. The average Bonchev–Trinajstić information content (AvgIpc) is 3.33. The third kappa shape index (κ3) is 4.26. The molecule has 3 aromatic heterocycles. The SMILES string of the molecule is COC(C)C(=O)N1CCC(N(C)c2nc3c(-c4cnc5ccc(F)cc5c4)cnn3c(N)c2Br)CC1. The summed E-state index contributed by atoms with van der Waals surface area (Å²) in [6, 6.07) is 6.55. The van der Waals surface area contributed by atoms with Crippen LogP contribution in [0.25, 0.3) is 27.7 Å². The summed E-state index contributed by atoms with van der Waals surface area (Å²) < 4.78 is 21.2. The molecule has 9 nitrogen and oxygen atoms in total. The van der Waals surface area contributed by atoms with E-state index in [0.29, 0.717) is 45.7 Å². The van der Waals surface area contributed by atoms with Crippen molar-refractivity contribution < 1.29 is 13.9 Å². The summed E-state index contributed by atoms with van der Waals surface area (Å²) in [5.41, 5.74) is 9.25. The van der Waals surface area contributed by atoms with Crippen molar-refractivity contribution in [2.24, 2.45) is 0 Å². The highest BCUT2D eigenvalue weighted by atomic mass is 79.9. The van der Waals surface area contributed by atoms with Crippen molar-refractivity contribution >= 4 is 50.0 Å². The van der Waals surface area contributed by atoms with E-state index in [1.54, 1.807) is 37.0 Å². The second-order valence-corrected chi connectivity index (χ2v) is 9.83. The summed E-state index contributed by atoms with van der Waals surface area (Å²) in [5.74, 6) is 0.809. The number of carbonyl (C=O) groups excluding carboxylic acids is 1. The van der Waals surface area contributed by atoms with Gasteiger partial charge >= 0.3 is 0 Å². The van der Waals surface area contributed by atoms with Crippen LogP contribution >= 0.6 is 15.9 Å². The quantitative estimate of drug-likeness (QED) is 0.398. The van der Waals surface area contributed by atoms with Gasteiger partial charge in [-0.1, -0.05) is 0 Å². The minimum absolute atomic E-state index is 0.0105. The molecule has 1 unspecified atom stereocenters. The zero-order valence-electron chi connectivity index (χ0n) is 20.3. The number of methoxy groups -OCH3 is 1. The van der Waals surface area contributed by atoms with Crippen LogP contribution in [0.3, 0.4) is 0 Å². The predicted octanol–water partition coefficient (Wildman–Crippen LogP) is 3.89. The van der Waals surface area contributed by atoms with Crippen LogP contribution in [0, 0.1) is 5.82 Å². The van der Waals surface area contributed by atoms with E-state index in [2.05, 4.69) is 30.9 Å². The van der Waals surface area contributed by atoms with E-state index in [0.717, 1.165) is 24.0 Å². The van der Waals surface area contributed by atoms with Crippen molar-refractivity contribution in [3.05, 3.63) is 46.9 Å². The molecule has 1 saturated heterocycles. The smallest absolute Gasteiger partial charge is 0.251 e. The number of hydrogen-bond donors (Lipinski definition) is 1. The van der Waals surface area contributed by atoms with Gasteiger partial charge in [-0.05, 0) is 60.0 Å². The van der Waals surface area contributed by atoms with Crippen molar-refractivity contribution in [2.45, 2.75) is 31.9 Å². The Morgan fingerprint density at radius 2 is 2.03 bits per heavy atom. The average molecular weight is 556 g/mol. The molecule has 4 aromatic rings. The fourth-order valence-corrected chi connectivity index (χ4v) is 5.21. The van der Waals surface area contributed by atoms with Crippen LogP contribution < -0.4 is 10.6 Å². The predicted molar refractivity (Wildman–Crippen MR) is 140 cm³/mol. The lowest BCUT2D eigenvalue weighted by Crippen LogP contribution is -2.48. The van der Waals surface area contributed by atoms with Gasteiger partial charge in [0.2, 0.25) is 0 Å². The zero-order chi connectivity index (χ0) is 25.6. The zero-order valence-corrected chi connectivity index (χ0v) is 21.9. The van der Waals surface area contributed by atoms with Crippen LogP contribution in [-0.2, 0) is 9.53 Å². The Morgan fingerprint density at radius 1 is 1.28 bits per heavy atom. The summed E-state index contributed by atoms with van der Waals surface area (Å²) in [4.78, 5) is 25.8. The number of rotatable bonds is 5. The van der Waals surface area contributed by atoms with Gasteiger partial charge in [-0.3, -0.25) is 9.78 Å². The second kappa shape index (κ2) is 9.62. The fraction of sp³-hybridized carbons (Fsp3) is 0.360. The molecular weight excluding hydrogens is 529 g/mol. The number of hydrogen-bond acceptors (Lipinski definition) is 7. The number of nitrogen functional groups attached to an aromatic ring is 1. The Bertz CT molecular complexity index is 1450. The van der Waals surface area contributed by atoms with Crippen molar-refractivity contribution in [3.63, 3.8) is 0 Å². The van der Waals surface area contributed by atoms with Crippen LogP contribution in [0.15, 0.2) is 41.1 Å². The van der Waals surface area contributed by atoms with Gasteiger partial charge in [0.05, 0.1) is 11.7 Å². The Hall–Kier alpha value is -3.31. The van der Waals surface area contributed by atoms with E-state index in [1.165, 1.54) is 12.1 Å². The minimum atomic E-state index is -0.446. The molecule has 188 valence electrons. The van der Waals surface area contributed by atoms with E-state index >= 15 is 0 Å². The normalized spacial score (nSPS) is 15.5. The number of piperidine rings is 1. The number of nitrogens with zero attached hydrogens (tertiary/aromatic N) is 6. The van der Waals surface area contributed by atoms with Crippen molar-refractivity contribution in [2.75, 3.05) is 37.9 Å². The summed E-state index contributed by atoms with van der Waals surface area (Å²) >= 11 is 3.61. The molecule has 5 rings (SSSR count). The summed E-state index contributed by atoms with van der Waals surface area (Å²) in [6.45, 7) is 3.06. The van der Waals surface area contributed by atoms with Gasteiger partial charge in [0.25, 0.3) is 5.91 Å². The Morgan fingerprint density at radius 3 is 2.75 bits per heavy atom. The first-order valence-electron chi connectivity index (χ1n) is 11.7. The summed E-state index contributed by atoms with van der Waals surface area (Å²) in [7, 11) is 3.53. The molecule has 1 aromatic carbocycles. The van der Waals surface area contributed by atoms with E-state index in [9.17, 15) is 9.18 Å². The molecule has 1 fully saturated rings. The molecule has 1 aliphatic rings. The standard InChI is InChI=1S/C25H27BrFN7O2/c1-14(36-3)25(35)33-8-6-18(7-9-33)32(2)24-21(26)22(28)34-23(31-24)19(13-30-34)16-10-15-11-17(27)4-5-20(15)29-12-16/h4-5,10-14,18H,6-9,28H2,1-3H3. The number of anilines is 2. The van der Waals surface area contributed by atoms with Gasteiger partial charge in [-0.25, -0.2) is 9.37 Å². The second-order valence-electron chi connectivity index (χ2n) is 9.03. The van der Waals surface area contributed by atoms with Crippen molar-refractivity contribution in [3.8, 4) is 11.1 Å². The van der Waals surface area contributed by atoms with Crippen LogP contribution in [0.2, 0.25) is 0 Å². The molecule has 0 saturated carbocycles. The molecule has 4 heterocycles. The molecule has 0 radical (unpaired) electrons. The Kier molecular flexibility index (Phi) is 6.52. The van der Waals surface area contributed by atoms with E-state index < -0.39 is 6.10 Å². The van der Waals surface area contributed by atoms with Crippen molar-refractivity contribution in [1.82, 2.24) is 24.5 Å². The van der Waals surface area contributed by atoms with E-state index in [4.69, 9.17) is 15.5 Å². The third-order valence-electron chi connectivity index (χ3n) is 6.92. The monoisotopic (exact) mass is 555 g/mol. The van der Waals surface area contributed by atoms with Crippen LogP contribution in [0.4, 0.5) is 16.0 Å². The molecule has 0 spiro atoms.